The molecule has 1 aliphatic heterocycles. The lowest BCUT2D eigenvalue weighted by atomic mass is 9.98. The number of rotatable bonds is 4. The van der Waals surface area contributed by atoms with Crippen molar-refractivity contribution in [2.45, 2.75) is 17.7 Å². The molecule has 1 aliphatic rings. The number of nitrogens with one attached hydrogen (secondary N) is 1. The summed E-state index contributed by atoms with van der Waals surface area (Å²) >= 11 is 12.0. The van der Waals surface area contributed by atoms with Gasteiger partial charge >= 0.3 is 0 Å². The smallest absolute Gasteiger partial charge is 0.244 e. The van der Waals surface area contributed by atoms with Crippen LogP contribution in [0.15, 0.2) is 47.4 Å². The third-order valence-corrected chi connectivity index (χ3v) is 7.11. The maximum Gasteiger partial charge on any atom is 0.244 e. The predicted molar refractivity (Wildman–Crippen MR) is 108 cm³/mol. The van der Waals surface area contributed by atoms with Gasteiger partial charge in [0.25, 0.3) is 0 Å². The lowest BCUT2D eigenvalue weighted by Gasteiger charge is -2.31. The number of nitriles is 1. The highest BCUT2D eigenvalue weighted by Crippen LogP contribution is 2.30. The molecule has 6 nitrogen and oxygen atoms in total. The molecule has 1 atom stereocenters. The summed E-state index contributed by atoms with van der Waals surface area (Å²) in [6.07, 6.45) is 1.12. The Bertz CT molecular complexity index is 1050. The second-order valence-corrected chi connectivity index (χ2v) is 9.21. The number of amides is 1. The molecule has 146 valence electrons. The monoisotopic (exact) mass is 437 g/mol. The largest absolute Gasteiger partial charge is 0.326 e. The van der Waals surface area contributed by atoms with E-state index in [4.69, 9.17) is 28.5 Å². The van der Waals surface area contributed by atoms with Crippen LogP contribution in [0.3, 0.4) is 0 Å². The second kappa shape index (κ2) is 8.50. The number of anilines is 1. The van der Waals surface area contributed by atoms with E-state index >= 15 is 0 Å². The minimum atomic E-state index is -3.87. The minimum absolute atomic E-state index is 0.0505. The molecule has 9 heteroatoms. The van der Waals surface area contributed by atoms with Crippen LogP contribution in [0.2, 0.25) is 10.0 Å². The van der Waals surface area contributed by atoms with E-state index in [1.807, 2.05) is 6.07 Å². The van der Waals surface area contributed by atoms with E-state index < -0.39 is 15.9 Å². The van der Waals surface area contributed by atoms with Crippen molar-refractivity contribution in [3.63, 3.8) is 0 Å². The van der Waals surface area contributed by atoms with Gasteiger partial charge in [-0.3, -0.25) is 4.79 Å². The molecule has 0 saturated carbocycles. The normalized spacial score (nSPS) is 17.7. The highest BCUT2D eigenvalue weighted by molar-refractivity contribution is 7.89. The van der Waals surface area contributed by atoms with Crippen molar-refractivity contribution < 1.29 is 13.2 Å². The number of benzene rings is 2. The number of carbonyl (C=O) groups excluding carboxylic acids is 1. The molecule has 0 aromatic heterocycles. The van der Waals surface area contributed by atoms with Crippen molar-refractivity contribution >= 4 is 44.8 Å². The zero-order chi connectivity index (χ0) is 20.3. The summed E-state index contributed by atoms with van der Waals surface area (Å²) in [4.78, 5) is 12.6. The highest BCUT2D eigenvalue weighted by Gasteiger charge is 2.34. The van der Waals surface area contributed by atoms with Gasteiger partial charge in [-0.25, -0.2) is 8.42 Å². The third kappa shape index (κ3) is 4.47. The van der Waals surface area contributed by atoms with Crippen LogP contribution in [0.1, 0.15) is 18.4 Å². The number of hydrogen-bond donors (Lipinski definition) is 1. The van der Waals surface area contributed by atoms with E-state index in [0.29, 0.717) is 30.6 Å². The standard InChI is InChI=1S/C19H17Cl2N3O3S/c20-15-6-7-17(21)18(10-15)28(26,27)24-8-2-4-14(12-24)19(25)23-16-5-1-3-13(9-16)11-22/h1,3,5-7,9-10,14H,2,4,8,12H2,(H,23,25)/t14-/m1/s1. The molecule has 28 heavy (non-hydrogen) atoms. The SMILES string of the molecule is N#Cc1cccc(NC(=O)[C@@H]2CCCN(S(=O)(=O)c3cc(Cl)ccc3Cl)C2)c1. The fraction of sp³-hybridized carbons (Fsp3) is 0.263. The van der Waals surface area contributed by atoms with E-state index in [9.17, 15) is 13.2 Å². The maximum absolute atomic E-state index is 13.0. The van der Waals surface area contributed by atoms with E-state index in [1.54, 1.807) is 24.3 Å². The molecule has 1 N–H and O–H groups in total. The molecular formula is C19H17Cl2N3O3S. The first-order chi connectivity index (χ1) is 13.3. The lowest BCUT2D eigenvalue weighted by Crippen LogP contribution is -2.43. The molecule has 3 rings (SSSR count). The Morgan fingerprint density at radius 2 is 2.00 bits per heavy atom. The summed E-state index contributed by atoms with van der Waals surface area (Å²) in [6, 6.07) is 12.8. The molecule has 1 amide bonds. The second-order valence-electron chi connectivity index (χ2n) is 6.46. The van der Waals surface area contributed by atoms with Crippen LogP contribution in [0.25, 0.3) is 0 Å². The Balaban J connectivity index is 1.77. The molecule has 0 aliphatic carbocycles. The molecule has 1 fully saturated rings. The quantitative estimate of drug-likeness (QED) is 0.784. The molecule has 2 aromatic carbocycles. The Labute approximate surface area is 173 Å². The van der Waals surface area contributed by atoms with Gasteiger partial charge in [-0.2, -0.15) is 9.57 Å². The Morgan fingerprint density at radius 3 is 2.75 bits per heavy atom. The summed E-state index contributed by atoms with van der Waals surface area (Å²) in [5, 5.41) is 12.1. The summed E-state index contributed by atoms with van der Waals surface area (Å²) in [5.41, 5.74) is 0.933. The fourth-order valence-electron chi connectivity index (χ4n) is 3.10. The van der Waals surface area contributed by atoms with Crippen LogP contribution in [0.4, 0.5) is 5.69 Å². The fourth-order valence-corrected chi connectivity index (χ4v) is 5.36. The summed E-state index contributed by atoms with van der Waals surface area (Å²) in [5.74, 6) is -0.792. The lowest BCUT2D eigenvalue weighted by molar-refractivity contribution is -0.120. The molecule has 0 unspecified atom stereocenters. The average Bonchev–Trinajstić information content (AvgIpc) is 2.70. The molecule has 1 saturated heterocycles. The van der Waals surface area contributed by atoms with Crippen molar-refractivity contribution in [3.8, 4) is 6.07 Å². The van der Waals surface area contributed by atoms with Gasteiger partial charge in [0, 0.05) is 23.8 Å². The zero-order valence-electron chi connectivity index (χ0n) is 14.7. The van der Waals surface area contributed by atoms with Crippen LogP contribution < -0.4 is 5.32 Å². The first kappa shape index (κ1) is 20.6. The first-order valence-electron chi connectivity index (χ1n) is 8.57. The molecule has 0 spiro atoms. The van der Waals surface area contributed by atoms with Crippen molar-refractivity contribution in [1.82, 2.24) is 4.31 Å². The van der Waals surface area contributed by atoms with Gasteiger partial charge in [-0.15, -0.1) is 0 Å². The van der Waals surface area contributed by atoms with Gasteiger partial charge < -0.3 is 5.32 Å². The van der Waals surface area contributed by atoms with Crippen LogP contribution in [-0.2, 0) is 14.8 Å². The molecule has 0 radical (unpaired) electrons. The van der Waals surface area contributed by atoms with E-state index in [-0.39, 0.29) is 27.4 Å². The highest BCUT2D eigenvalue weighted by atomic mass is 35.5. The molecule has 0 bridgehead atoms. The van der Waals surface area contributed by atoms with Gasteiger partial charge in [-0.1, -0.05) is 29.3 Å². The van der Waals surface area contributed by atoms with Crippen LogP contribution in [0, 0.1) is 17.2 Å². The van der Waals surface area contributed by atoms with Gasteiger partial charge in [0.1, 0.15) is 4.90 Å². The van der Waals surface area contributed by atoms with Crippen LogP contribution in [-0.4, -0.2) is 31.7 Å². The van der Waals surface area contributed by atoms with Gasteiger partial charge in [0.15, 0.2) is 0 Å². The predicted octanol–water partition coefficient (Wildman–Crippen LogP) is 3.90. The Kier molecular flexibility index (Phi) is 6.26. The number of carbonyl (C=O) groups is 1. The van der Waals surface area contributed by atoms with Crippen LogP contribution in [0.5, 0.6) is 0 Å². The van der Waals surface area contributed by atoms with Crippen molar-refractivity contribution in [2.24, 2.45) is 5.92 Å². The molecule has 2 aromatic rings. The zero-order valence-corrected chi connectivity index (χ0v) is 17.1. The number of hydrogen-bond acceptors (Lipinski definition) is 4. The Hall–Kier alpha value is -2.11. The van der Waals surface area contributed by atoms with Gasteiger partial charge in [-0.05, 0) is 49.2 Å². The van der Waals surface area contributed by atoms with Crippen LogP contribution >= 0.6 is 23.2 Å². The van der Waals surface area contributed by atoms with E-state index in [2.05, 4.69) is 5.32 Å². The summed E-state index contributed by atoms with van der Waals surface area (Å²) < 4.78 is 27.2. The Morgan fingerprint density at radius 1 is 1.21 bits per heavy atom. The summed E-state index contributed by atoms with van der Waals surface area (Å²) in [7, 11) is -3.87. The third-order valence-electron chi connectivity index (χ3n) is 4.53. The minimum Gasteiger partial charge on any atom is -0.326 e. The van der Waals surface area contributed by atoms with E-state index in [0.717, 1.165) is 0 Å². The average molecular weight is 438 g/mol. The number of halogens is 2. The van der Waals surface area contributed by atoms with Gasteiger partial charge in [0.05, 0.1) is 22.6 Å². The number of nitrogens with zero attached hydrogens (tertiary/aromatic N) is 2. The summed E-state index contributed by atoms with van der Waals surface area (Å²) in [6.45, 7) is 0.355. The first-order valence-corrected chi connectivity index (χ1v) is 10.8. The molecular weight excluding hydrogens is 421 g/mol. The van der Waals surface area contributed by atoms with Gasteiger partial charge in [0.2, 0.25) is 15.9 Å². The number of piperidine rings is 1. The van der Waals surface area contributed by atoms with Crippen molar-refractivity contribution in [3.05, 3.63) is 58.1 Å². The topological polar surface area (TPSA) is 90.3 Å². The maximum atomic E-state index is 13.0. The van der Waals surface area contributed by atoms with Crippen molar-refractivity contribution in [1.29, 1.82) is 5.26 Å². The van der Waals surface area contributed by atoms with E-state index in [1.165, 1.54) is 22.5 Å². The number of sulfonamides is 1. The molecule has 1 heterocycles. The van der Waals surface area contributed by atoms with Crippen molar-refractivity contribution in [2.75, 3.05) is 18.4 Å².